The fraction of sp³-hybridized carbons (Fsp3) is 0.286. The molecule has 0 aliphatic heterocycles. The van der Waals surface area contributed by atoms with Crippen molar-refractivity contribution in [1.29, 1.82) is 0 Å². The Hall–Kier alpha value is -2.50. The van der Waals surface area contributed by atoms with Gasteiger partial charge < -0.3 is 10.6 Å². The van der Waals surface area contributed by atoms with Crippen molar-refractivity contribution < 1.29 is 9.59 Å². The molecule has 0 aliphatic carbocycles. The van der Waals surface area contributed by atoms with E-state index < -0.39 is 0 Å². The van der Waals surface area contributed by atoms with Crippen LogP contribution in [0.25, 0.3) is 10.9 Å². The van der Waals surface area contributed by atoms with Crippen molar-refractivity contribution in [1.82, 2.24) is 20.6 Å². The van der Waals surface area contributed by atoms with E-state index in [2.05, 4.69) is 20.6 Å². The third kappa shape index (κ3) is 3.28. The Bertz CT molecular complexity index is 655. The highest BCUT2D eigenvalue weighted by molar-refractivity contribution is 6.04. The Morgan fingerprint density at radius 2 is 1.80 bits per heavy atom. The van der Waals surface area contributed by atoms with E-state index >= 15 is 0 Å². The van der Waals surface area contributed by atoms with Gasteiger partial charge in [-0.1, -0.05) is 18.2 Å². The molecule has 104 valence electrons. The van der Waals surface area contributed by atoms with Gasteiger partial charge in [0.2, 0.25) is 5.91 Å². The first-order valence-corrected chi connectivity index (χ1v) is 6.34. The molecule has 0 aliphatic rings. The Labute approximate surface area is 116 Å². The molecule has 0 unspecified atom stereocenters. The van der Waals surface area contributed by atoms with Crippen molar-refractivity contribution in [2.45, 2.75) is 13.8 Å². The summed E-state index contributed by atoms with van der Waals surface area (Å²) in [5, 5.41) is 6.06. The number of para-hydroxylation sites is 1. The second-order valence-corrected chi connectivity index (χ2v) is 4.38. The zero-order valence-corrected chi connectivity index (χ0v) is 11.4. The van der Waals surface area contributed by atoms with Crippen LogP contribution < -0.4 is 10.6 Å². The minimum Gasteiger partial charge on any atom is -0.355 e. The number of nitrogens with zero attached hydrogens (tertiary/aromatic N) is 2. The maximum absolute atomic E-state index is 12.1. The molecule has 2 rings (SSSR count). The van der Waals surface area contributed by atoms with Gasteiger partial charge in [-0.25, -0.2) is 9.97 Å². The lowest BCUT2D eigenvalue weighted by Gasteiger charge is -2.08. The first-order valence-electron chi connectivity index (χ1n) is 6.34. The van der Waals surface area contributed by atoms with Crippen LogP contribution in [0.5, 0.6) is 0 Å². The van der Waals surface area contributed by atoms with Crippen molar-refractivity contribution in [3.8, 4) is 0 Å². The summed E-state index contributed by atoms with van der Waals surface area (Å²) in [5.74, 6) is 0.162. The number of amides is 2. The monoisotopic (exact) mass is 272 g/mol. The lowest BCUT2D eigenvalue weighted by atomic mass is 10.1. The summed E-state index contributed by atoms with van der Waals surface area (Å²) >= 11 is 0. The second-order valence-electron chi connectivity index (χ2n) is 4.38. The van der Waals surface area contributed by atoms with Gasteiger partial charge in [-0.05, 0) is 13.0 Å². The molecule has 1 aromatic carbocycles. The van der Waals surface area contributed by atoms with Gasteiger partial charge in [0.05, 0.1) is 5.52 Å². The maximum atomic E-state index is 12.1. The SMILES string of the molecule is CC(=O)NCCNC(=O)c1nc(C)nc2ccccc12. The number of aromatic nitrogens is 2. The molecule has 6 nitrogen and oxygen atoms in total. The van der Waals surface area contributed by atoms with E-state index in [0.717, 1.165) is 10.9 Å². The van der Waals surface area contributed by atoms with E-state index in [-0.39, 0.29) is 11.8 Å². The summed E-state index contributed by atoms with van der Waals surface area (Å²) < 4.78 is 0. The van der Waals surface area contributed by atoms with Gasteiger partial charge in [-0.2, -0.15) is 0 Å². The van der Waals surface area contributed by atoms with E-state index in [9.17, 15) is 9.59 Å². The van der Waals surface area contributed by atoms with Crippen molar-refractivity contribution in [2.75, 3.05) is 13.1 Å². The van der Waals surface area contributed by atoms with Gasteiger partial charge >= 0.3 is 0 Å². The zero-order chi connectivity index (χ0) is 14.5. The maximum Gasteiger partial charge on any atom is 0.270 e. The van der Waals surface area contributed by atoms with Gasteiger partial charge in [0.15, 0.2) is 0 Å². The van der Waals surface area contributed by atoms with Gasteiger partial charge in [-0.15, -0.1) is 0 Å². The van der Waals surface area contributed by atoms with Crippen molar-refractivity contribution >= 4 is 22.7 Å². The van der Waals surface area contributed by atoms with Crippen LogP contribution >= 0.6 is 0 Å². The molecule has 0 atom stereocenters. The number of hydrogen-bond donors (Lipinski definition) is 2. The Morgan fingerprint density at radius 1 is 1.10 bits per heavy atom. The van der Waals surface area contributed by atoms with Crippen LogP contribution in [-0.2, 0) is 4.79 Å². The van der Waals surface area contributed by atoms with E-state index in [1.165, 1.54) is 6.92 Å². The molecule has 0 saturated carbocycles. The molecular weight excluding hydrogens is 256 g/mol. The summed E-state index contributed by atoms with van der Waals surface area (Å²) in [6.07, 6.45) is 0. The number of benzene rings is 1. The number of aryl methyl sites for hydroxylation is 1. The van der Waals surface area contributed by atoms with Gasteiger partial charge in [0, 0.05) is 25.4 Å². The topological polar surface area (TPSA) is 84.0 Å². The minimum absolute atomic E-state index is 0.123. The van der Waals surface area contributed by atoms with Crippen LogP contribution in [0.4, 0.5) is 0 Å². The number of fused-ring (bicyclic) bond motifs is 1. The highest BCUT2D eigenvalue weighted by atomic mass is 16.2. The number of nitrogens with one attached hydrogen (secondary N) is 2. The summed E-state index contributed by atoms with van der Waals surface area (Å²) in [5.41, 5.74) is 1.10. The zero-order valence-electron chi connectivity index (χ0n) is 11.4. The Balaban J connectivity index is 2.15. The van der Waals surface area contributed by atoms with Crippen LogP contribution in [0.1, 0.15) is 23.2 Å². The van der Waals surface area contributed by atoms with E-state index in [0.29, 0.717) is 24.6 Å². The summed E-state index contributed by atoms with van der Waals surface area (Å²) in [4.78, 5) is 31.4. The average Bonchev–Trinajstić information content (AvgIpc) is 2.42. The molecule has 0 radical (unpaired) electrons. The molecule has 0 spiro atoms. The largest absolute Gasteiger partial charge is 0.355 e. The fourth-order valence-corrected chi connectivity index (χ4v) is 1.86. The van der Waals surface area contributed by atoms with Gasteiger partial charge in [0.25, 0.3) is 5.91 Å². The standard InChI is InChI=1S/C14H16N4O2/c1-9-17-12-6-4-3-5-11(12)13(18-9)14(20)16-8-7-15-10(2)19/h3-6H,7-8H2,1-2H3,(H,15,19)(H,16,20). The quantitative estimate of drug-likeness (QED) is 0.806. The van der Waals surface area contributed by atoms with Crippen molar-refractivity contribution in [3.05, 3.63) is 35.8 Å². The molecule has 6 heteroatoms. The number of carbonyl (C=O) groups is 2. The van der Waals surface area contributed by atoms with Crippen LogP contribution in [0.2, 0.25) is 0 Å². The first kappa shape index (κ1) is 13.9. The molecule has 0 bridgehead atoms. The second kappa shape index (κ2) is 6.10. The summed E-state index contributed by atoms with van der Waals surface area (Å²) in [6, 6.07) is 7.37. The third-order valence-electron chi connectivity index (χ3n) is 2.71. The lowest BCUT2D eigenvalue weighted by molar-refractivity contribution is -0.118. The molecule has 1 heterocycles. The molecule has 20 heavy (non-hydrogen) atoms. The normalized spacial score (nSPS) is 10.3. The van der Waals surface area contributed by atoms with Crippen molar-refractivity contribution in [2.24, 2.45) is 0 Å². The molecular formula is C14H16N4O2. The predicted octanol–water partition coefficient (Wildman–Crippen LogP) is 0.804. The van der Waals surface area contributed by atoms with E-state index in [4.69, 9.17) is 0 Å². The average molecular weight is 272 g/mol. The van der Waals surface area contributed by atoms with Crippen LogP contribution in [0, 0.1) is 6.92 Å². The number of hydrogen-bond acceptors (Lipinski definition) is 4. The van der Waals surface area contributed by atoms with E-state index in [1.54, 1.807) is 6.92 Å². The lowest BCUT2D eigenvalue weighted by Crippen LogP contribution is -2.34. The Morgan fingerprint density at radius 3 is 2.55 bits per heavy atom. The van der Waals surface area contributed by atoms with Gasteiger partial charge in [0.1, 0.15) is 11.5 Å². The third-order valence-corrected chi connectivity index (χ3v) is 2.71. The molecule has 2 N–H and O–H groups in total. The molecule has 0 fully saturated rings. The number of rotatable bonds is 4. The smallest absolute Gasteiger partial charge is 0.270 e. The predicted molar refractivity (Wildman–Crippen MR) is 75.3 cm³/mol. The molecule has 2 aromatic rings. The van der Waals surface area contributed by atoms with Crippen LogP contribution in [0.3, 0.4) is 0 Å². The molecule has 1 aromatic heterocycles. The van der Waals surface area contributed by atoms with Gasteiger partial charge in [-0.3, -0.25) is 9.59 Å². The van der Waals surface area contributed by atoms with E-state index in [1.807, 2.05) is 24.3 Å². The Kier molecular flexibility index (Phi) is 4.24. The minimum atomic E-state index is -0.267. The summed E-state index contributed by atoms with van der Waals surface area (Å²) in [7, 11) is 0. The first-order chi connectivity index (χ1) is 9.58. The summed E-state index contributed by atoms with van der Waals surface area (Å²) in [6.45, 7) is 3.93. The highest BCUT2D eigenvalue weighted by Gasteiger charge is 2.12. The highest BCUT2D eigenvalue weighted by Crippen LogP contribution is 2.15. The molecule has 2 amide bonds. The van der Waals surface area contributed by atoms with Crippen LogP contribution in [-0.4, -0.2) is 34.9 Å². The van der Waals surface area contributed by atoms with Crippen LogP contribution in [0.15, 0.2) is 24.3 Å². The molecule has 0 saturated heterocycles. The van der Waals surface area contributed by atoms with Crippen molar-refractivity contribution in [3.63, 3.8) is 0 Å². The fourth-order valence-electron chi connectivity index (χ4n) is 1.86. The number of carbonyl (C=O) groups excluding carboxylic acids is 2.